The molecule has 1 saturated heterocycles. The van der Waals surface area contributed by atoms with Crippen LogP contribution in [0.4, 0.5) is 13.2 Å². The fourth-order valence-corrected chi connectivity index (χ4v) is 2.94. The highest BCUT2D eigenvalue weighted by Gasteiger charge is 2.34. The third-order valence-electron chi connectivity index (χ3n) is 4.38. The third-order valence-corrected chi connectivity index (χ3v) is 4.38. The Morgan fingerprint density at radius 2 is 1.80 bits per heavy atom. The maximum Gasteiger partial charge on any atom is 0.401 e. The van der Waals surface area contributed by atoms with E-state index in [0.717, 1.165) is 5.56 Å². The summed E-state index contributed by atoms with van der Waals surface area (Å²) in [5.41, 5.74) is 0.937. The molecule has 0 unspecified atom stereocenters. The Labute approximate surface area is 143 Å². The van der Waals surface area contributed by atoms with Crippen LogP contribution in [0.2, 0.25) is 0 Å². The summed E-state index contributed by atoms with van der Waals surface area (Å²) in [4.78, 5) is 24.5. The number of hydrogen-bond acceptors (Lipinski definition) is 3. The number of carboxylic acids is 1. The van der Waals surface area contributed by atoms with Gasteiger partial charge < -0.3 is 10.4 Å². The highest BCUT2D eigenvalue weighted by atomic mass is 19.4. The van der Waals surface area contributed by atoms with E-state index in [2.05, 4.69) is 5.32 Å². The SMILES string of the molecule is C[C@H](NC(=O)C1CCN(CC(F)(F)F)CC1)c1ccc(C(=O)O)cc1. The number of nitrogens with zero attached hydrogens (tertiary/aromatic N) is 1. The van der Waals surface area contributed by atoms with E-state index in [1.54, 1.807) is 19.1 Å². The topological polar surface area (TPSA) is 69.6 Å². The lowest BCUT2D eigenvalue weighted by Crippen LogP contribution is -2.44. The van der Waals surface area contributed by atoms with Crippen LogP contribution in [0, 0.1) is 5.92 Å². The van der Waals surface area contributed by atoms with Crippen LogP contribution in [0.1, 0.15) is 41.7 Å². The summed E-state index contributed by atoms with van der Waals surface area (Å²) in [7, 11) is 0. The largest absolute Gasteiger partial charge is 0.478 e. The molecule has 0 aromatic heterocycles. The first kappa shape index (κ1) is 19.2. The molecule has 0 bridgehead atoms. The van der Waals surface area contributed by atoms with Gasteiger partial charge in [-0.15, -0.1) is 0 Å². The number of halogens is 3. The average molecular weight is 358 g/mol. The number of hydrogen-bond donors (Lipinski definition) is 2. The Morgan fingerprint density at radius 3 is 2.28 bits per heavy atom. The first-order valence-electron chi connectivity index (χ1n) is 8.08. The van der Waals surface area contributed by atoms with Crippen LogP contribution in [0.15, 0.2) is 24.3 Å². The van der Waals surface area contributed by atoms with Gasteiger partial charge in [-0.05, 0) is 50.6 Å². The third kappa shape index (κ3) is 5.74. The van der Waals surface area contributed by atoms with Crippen LogP contribution in [0.25, 0.3) is 0 Å². The number of likely N-dealkylation sites (tertiary alicyclic amines) is 1. The summed E-state index contributed by atoms with van der Waals surface area (Å²) in [6.45, 7) is 1.35. The summed E-state index contributed by atoms with van der Waals surface area (Å²) < 4.78 is 37.1. The fraction of sp³-hybridized carbons (Fsp3) is 0.529. The first-order chi connectivity index (χ1) is 11.7. The van der Waals surface area contributed by atoms with Crippen LogP contribution in [0.5, 0.6) is 0 Å². The number of carbonyl (C=O) groups excluding carboxylic acids is 1. The van der Waals surface area contributed by atoms with Gasteiger partial charge in [0.1, 0.15) is 0 Å². The predicted molar refractivity (Wildman–Crippen MR) is 85.2 cm³/mol. The Kier molecular flexibility index (Phi) is 6.05. The van der Waals surface area contributed by atoms with Gasteiger partial charge in [0.15, 0.2) is 0 Å². The molecule has 1 aromatic rings. The standard InChI is InChI=1S/C17H21F3N2O3/c1-11(12-2-4-14(5-3-12)16(24)25)21-15(23)13-6-8-22(9-7-13)10-17(18,19)20/h2-5,11,13H,6-10H2,1H3,(H,21,23)(H,24,25)/t11-/m0/s1. The van der Waals surface area contributed by atoms with Crippen LogP contribution in [-0.2, 0) is 4.79 Å². The summed E-state index contributed by atoms with van der Waals surface area (Å²) in [5.74, 6) is -1.50. The molecule has 0 aliphatic carbocycles. The second-order valence-electron chi connectivity index (χ2n) is 6.32. The minimum absolute atomic E-state index is 0.166. The van der Waals surface area contributed by atoms with Crippen molar-refractivity contribution in [1.82, 2.24) is 10.2 Å². The lowest BCUT2D eigenvalue weighted by molar-refractivity contribution is -0.149. The van der Waals surface area contributed by atoms with E-state index >= 15 is 0 Å². The summed E-state index contributed by atoms with van der Waals surface area (Å²) in [5, 5.41) is 11.7. The minimum Gasteiger partial charge on any atom is -0.478 e. The van der Waals surface area contributed by atoms with E-state index in [1.807, 2.05) is 0 Å². The van der Waals surface area contributed by atoms with Gasteiger partial charge in [-0.1, -0.05) is 12.1 Å². The number of nitrogens with one attached hydrogen (secondary N) is 1. The smallest absolute Gasteiger partial charge is 0.401 e. The van der Waals surface area contributed by atoms with Crippen molar-refractivity contribution < 1.29 is 27.9 Å². The molecule has 1 amide bonds. The van der Waals surface area contributed by atoms with E-state index in [0.29, 0.717) is 12.8 Å². The van der Waals surface area contributed by atoms with Crippen molar-refractivity contribution in [3.63, 3.8) is 0 Å². The molecule has 0 saturated carbocycles. The van der Waals surface area contributed by atoms with E-state index in [9.17, 15) is 22.8 Å². The van der Waals surface area contributed by atoms with Crippen LogP contribution < -0.4 is 5.32 Å². The van der Waals surface area contributed by atoms with Gasteiger partial charge in [0.2, 0.25) is 5.91 Å². The number of amides is 1. The number of carboxylic acid groups (broad SMARTS) is 1. The van der Waals surface area contributed by atoms with Gasteiger partial charge in [0.25, 0.3) is 0 Å². The maximum absolute atomic E-state index is 12.4. The molecule has 2 rings (SSSR count). The molecular formula is C17H21F3N2O3. The molecule has 138 valence electrons. The molecule has 0 radical (unpaired) electrons. The van der Waals surface area contributed by atoms with Crippen molar-refractivity contribution in [2.24, 2.45) is 5.92 Å². The van der Waals surface area contributed by atoms with Crippen molar-refractivity contribution in [3.8, 4) is 0 Å². The average Bonchev–Trinajstić information content (AvgIpc) is 2.54. The summed E-state index contributed by atoms with van der Waals surface area (Å²) in [6.07, 6.45) is -3.43. The second kappa shape index (κ2) is 7.86. The van der Waals surface area contributed by atoms with E-state index in [1.165, 1.54) is 17.0 Å². The number of rotatable bonds is 5. The number of carbonyl (C=O) groups is 2. The minimum atomic E-state index is -4.22. The molecule has 1 aromatic carbocycles. The van der Waals surface area contributed by atoms with Gasteiger partial charge in [-0.3, -0.25) is 9.69 Å². The zero-order valence-electron chi connectivity index (χ0n) is 13.8. The number of piperidine rings is 1. The molecule has 0 spiro atoms. The lowest BCUT2D eigenvalue weighted by Gasteiger charge is -2.32. The molecule has 1 fully saturated rings. The summed E-state index contributed by atoms with van der Waals surface area (Å²) >= 11 is 0. The van der Waals surface area contributed by atoms with Crippen molar-refractivity contribution in [2.45, 2.75) is 32.0 Å². The first-order valence-corrected chi connectivity index (χ1v) is 8.08. The van der Waals surface area contributed by atoms with E-state index in [-0.39, 0.29) is 36.5 Å². The fourth-order valence-electron chi connectivity index (χ4n) is 2.94. The van der Waals surface area contributed by atoms with Crippen LogP contribution in [0.3, 0.4) is 0 Å². The number of alkyl halides is 3. The van der Waals surface area contributed by atoms with E-state index in [4.69, 9.17) is 5.11 Å². The molecular weight excluding hydrogens is 337 g/mol. The molecule has 5 nitrogen and oxygen atoms in total. The van der Waals surface area contributed by atoms with Crippen molar-refractivity contribution in [2.75, 3.05) is 19.6 Å². The monoisotopic (exact) mass is 358 g/mol. The number of aromatic carboxylic acids is 1. The van der Waals surface area contributed by atoms with Crippen LogP contribution in [-0.4, -0.2) is 47.7 Å². The van der Waals surface area contributed by atoms with Gasteiger partial charge >= 0.3 is 12.1 Å². The normalized spacial score (nSPS) is 17.9. The van der Waals surface area contributed by atoms with E-state index < -0.39 is 18.7 Å². The second-order valence-corrected chi connectivity index (χ2v) is 6.32. The zero-order valence-corrected chi connectivity index (χ0v) is 13.8. The predicted octanol–water partition coefficient (Wildman–Crippen LogP) is 2.84. The van der Waals surface area contributed by atoms with Gasteiger partial charge in [0.05, 0.1) is 18.2 Å². The van der Waals surface area contributed by atoms with Crippen molar-refractivity contribution >= 4 is 11.9 Å². The molecule has 1 aliphatic rings. The summed E-state index contributed by atoms with van der Waals surface area (Å²) in [6, 6.07) is 5.91. The van der Waals surface area contributed by atoms with Crippen molar-refractivity contribution in [1.29, 1.82) is 0 Å². The van der Waals surface area contributed by atoms with Crippen molar-refractivity contribution in [3.05, 3.63) is 35.4 Å². The molecule has 25 heavy (non-hydrogen) atoms. The highest BCUT2D eigenvalue weighted by molar-refractivity contribution is 5.87. The Bertz CT molecular complexity index is 609. The Hall–Kier alpha value is -2.09. The maximum atomic E-state index is 12.4. The molecule has 2 N–H and O–H groups in total. The lowest BCUT2D eigenvalue weighted by atomic mass is 9.95. The van der Waals surface area contributed by atoms with Crippen LogP contribution >= 0.6 is 0 Å². The van der Waals surface area contributed by atoms with Gasteiger partial charge in [-0.2, -0.15) is 13.2 Å². The Balaban J connectivity index is 1.84. The molecule has 1 atom stereocenters. The van der Waals surface area contributed by atoms with Gasteiger partial charge in [-0.25, -0.2) is 4.79 Å². The molecule has 1 heterocycles. The zero-order chi connectivity index (χ0) is 18.6. The van der Waals surface area contributed by atoms with Gasteiger partial charge in [0, 0.05) is 5.92 Å². The molecule has 8 heteroatoms. The Morgan fingerprint density at radius 1 is 1.24 bits per heavy atom. The quantitative estimate of drug-likeness (QED) is 0.849. The number of benzene rings is 1. The molecule has 1 aliphatic heterocycles. The highest BCUT2D eigenvalue weighted by Crippen LogP contribution is 2.23.